The molecule has 1 aliphatic rings. The normalized spacial score (nSPS) is 19.1. The van der Waals surface area contributed by atoms with E-state index in [1.807, 2.05) is 25.1 Å². The lowest BCUT2D eigenvalue weighted by Crippen LogP contribution is -2.41. The molecule has 1 aliphatic heterocycles. The van der Waals surface area contributed by atoms with Gasteiger partial charge in [-0.3, -0.25) is 0 Å². The van der Waals surface area contributed by atoms with Gasteiger partial charge < -0.3 is 9.15 Å². The molecule has 4 heteroatoms. The molecule has 3 nitrogen and oxygen atoms in total. The Labute approximate surface area is 92.0 Å². The summed E-state index contributed by atoms with van der Waals surface area (Å²) in [5.74, 6) is 0.677. The summed E-state index contributed by atoms with van der Waals surface area (Å²) in [6, 6.07) is 5.87. The van der Waals surface area contributed by atoms with Crippen molar-refractivity contribution in [2.24, 2.45) is 0 Å². The first-order valence-corrected chi connectivity index (χ1v) is 5.19. The van der Waals surface area contributed by atoms with E-state index in [4.69, 9.17) is 20.8 Å². The van der Waals surface area contributed by atoms with E-state index in [0.29, 0.717) is 19.1 Å². The van der Waals surface area contributed by atoms with E-state index >= 15 is 0 Å². The molecule has 15 heavy (non-hydrogen) atoms. The minimum absolute atomic E-state index is 0.366. The van der Waals surface area contributed by atoms with Gasteiger partial charge in [0.1, 0.15) is 10.4 Å². The largest absolute Gasteiger partial charge is 0.441 e. The Morgan fingerprint density at radius 3 is 2.87 bits per heavy atom. The lowest BCUT2D eigenvalue weighted by atomic mass is 9.96. The quantitative estimate of drug-likeness (QED) is 0.697. The van der Waals surface area contributed by atoms with Crippen LogP contribution in [0, 0.1) is 6.92 Å². The molecule has 1 aromatic carbocycles. The molecule has 2 heterocycles. The maximum atomic E-state index is 6.35. The Hall–Kier alpha value is -1.06. The van der Waals surface area contributed by atoms with Gasteiger partial charge in [-0.25, -0.2) is 4.98 Å². The van der Waals surface area contributed by atoms with Crippen LogP contribution in [0.25, 0.3) is 11.1 Å². The minimum Gasteiger partial charge on any atom is -0.441 e. The summed E-state index contributed by atoms with van der Waals surface area (Å²) in [5, 5.41) is 0. The number of aryl methyl sites for hydroxylation is 1. The van der Waals surface area contributed by atoms with E-state index in [0.717, 1.165) is 16.7 Å². The summed E-state index contributed by atoms with van der Waals surface area (Å²) in [6.07, 6.45) is 0. The zero-order chi connectivity index (χ0) is 10.5. The van der Waals surface area contributed by atoms with Crippen molar-refractivity contribution in [2.75, 3.05) is 13.2 Å². The summed E-state index contributed by atoms with van der Waals surface area (Å²) in [5.41, 5.74) is 2.70. The highest BCUT2D eigenvalue weighted by atomic mass is 35.5. The van der Waals surface area contributed by atoms with Crippen molar-refractivity contribution in [3.8, 4) is 0 Å². The highest BCUT2D eigenvalue weighted by Crippen LogP contribution is 2.37. The smallest absolute Gasteiger partial charge is 0.192 e. The lowest BCUT2D eigenvalue weighted by molar-refractivity contribution is -0.0151. The molecule has 1 fully saturated rings. The number of benzene rings is 1. The molecular weight excluding hydrogens is 214 g/mol. The van der Waals surface area contributed by atoms with Gasteiger partial charge in [-0.2, -0.15) is 0 Å². The maximum Gasteiger partial charge on any atom is 0.192 e. The third-order valence-electron chi connectivity index (χ3n) is 2.67. The minimum atomic E-state index is -0.366. The number of hydrogen-bond donors (Lipinski definition) is 0. The average molecular weight is 224 g/mol. The molecule has 0 unspecified atom stereocenters. The van der Waals surface area contributed by atoms with Crippen LogP contribution in [0.1, 0.15) is 11.5 Å². The molecule has 0 bridgehead atoms. The Kier molecular flexibility index (Phi) is 1.82. The Bertz CT molecular complexity index is 516. The second-order valence-corrected chi connectivity index (χ2v) is 4.60. The molecule has 0 aliphatic carbocycles. The second kappa shape index (κ2) is 2.97. The van der Waals surface area contributed by atoms with E-state index < -0.39 is 0 Å². The van der Waals surface area contributed by atoms with Crippen LogP contribution >= 0.6 is 11.6 Å². The number of oxazole rings is 1. The molecule has 78 valence electrons. The average Bonchev–Trinajstić information content (AvgIpc) is 2.53. The summed E-state index contributed by atoms with van der Waals surface area (Å²) in [4.78, 5) is 3.87. The highest BCUT2D eigenvalue weighted by molar-refractivity contribution is 6.24. The van der Waals surface area contributed by atoms with Crippen molar-refractivity contribution in [1.82, 2.24) is 4.98 Å². The molecule has 1 saturated heterocycles. The second-order valence-electron chi connectivity index (χ2n) is 3.87. The Morgan fingerprint density at radius 1 is 1.40 bits per heavy atom. The number of aromatic nitrogens is 1. The van der Waals surface area contributed by atoms with E-state index in [1.165, 1.54) is 0 Å². The molecular formula is C11H10ClNO2. The molecule has 1 aromatic heterocycles. The molecule has 2 aromatic rings. The fourth-order valence-electron chi connectivity index (χ4n) is 1.77. The number of alkyl halides is 1. The van der Waals surface area contributed by atoms with Crippen LogP contribution in [0.5, 0.6) is 0 Å². The van der Waals surface area contributed by atoms with Crippen molar-refractivity contribution >= 4 is 22.7 Å². The zero-order valence-electron chi connectivity index (χ0n) is 8.29. The monoisotopic (exact) mass is 223 g/mol. The van der Waals surface area contributed by atoms with Crippen molar-refractivity contribution in [3.63, 3.8) is 0 Å². The van der Waals surface area contributed by atoms with Gasteiger partial charge in [-0.15, -0.1) is 11.6 Å². The zero-order valence-corrected chi connectivity index (χ0v) is 9.04. The van der Waals surface area contributed by atoms with Crippen molar-refractivity contribution in [2.45, 2.75) is 11.8 Å². The molecule has 0 spiro atoms. The van der Waals surface area contributed by atoms with Gasteiger partial charge >= 0.3 is 0 Å². The van der Waals surface area contributed by atoms with Gasteiger partial charge in [0.15, 0.2) is 11.5 Å². The first kappa shape index (κ1) is 9.19. The van der Waals surface area contributed by atoms with E-state index in [-0.39, 0.29) is 4.87 Å². The fraction of sp³-hybridized carbons (Fsp3) is 0.364. The van der Waals surface area contributed by atoms with Crippen LogP contribution in [0.4, 0.5) is 0 Å². The first-order valence-electron chi connectivity index (χ1n) is 4.82. The lowest BCUT2D eigenvalue weighted by Gasteiger charge is -2.35. The van der Waals surface area contributed by atoms with Gasteiger partial charge in [0.05, 0.1) is 13.2 Å². The molecule has 0 radical (unpaired) electrons. The summed E-state index contributed by atoms with van der Waals surface area (Å²) >= 11 is 6.35. The van der Waals surface area contributed by atoms with Gasteiger partial charge in [0, 0.05) is 6.92 Å². The predicted octanol–water partition coefficient (Wildman–Crippen LogP) is 2.60. The van der Waals surface area contributed by atoms with Crippen LogP contribution < -0.4 is 0 Å². The van der Waals surface area contributed by atoms with Gasteiger partial charge in [0.2, 0.25) is 0 Å². The first-order chi connectivity index (χ1) is 7.17. The third-order valence-corrected chi connectivity index (χ3v) is 3.11. The van der Waals surface area contributed by atoms with Gasteiger partial charge in [-0.1, -0.05) is 6.07 Å². The number of hydrogen-bond acceptors (Lipinski definition) is 3. The predicted molar refractivity (Wildman–Crippen MR) is 57.1 cm³/mol. The molecule has 0 N–H and O–H groups in total. The number of ether oxygens (including phenoxy) is 1. The number of rotatable bonds is 1. The maximum absolute atomic E-state index is 6.35. The van der Waals surface area contributed by atoms with E-state index in [1.54, 1.807) is 0 Å². The van der Waals surface area contributed by atoms with Gasteiger partial charge in [-0.05, 0) is 17.7 Å². The number of halogens is 1. The van der Waals surface area contributed by atoms with Crippen LogP contribution in [0.3, 0.4) is 0 Å². The topological polar surface area (TPSA) is 35.3 Å². The van der Waals surface area contributed by atoms with Crippen molar-refractivity contribution in [3.05, 3.63) is 29.7 Å². The van der Waals surface area contributed by atoms with Crippen LogP contribution in [-0.4, -0.2) is 18.2 Å². The standard InChI is InChI=1S/C11H10ClNO2/c1-7-13-9-3-2-8(4-10(9)15-7)11(12)5-14-6-11/h2-4H,5-6H2,1H3. The van der Waals surface area contributed by atoms with Crippen molar-refractivity contribution in [1.29, 1.82) is 0 Å². The Balaban J connectivity index is 2.13. The molecule has 0 saturated carbocycles. The van der Waals surface area contributed by atoms with Crippen LogP contribution in [0.2, 0.25) is 0 Å². The van der Waals surface area contributed by atoms with E-state index in [9.17, 15) is 0 Å². The molecule has 0 atom stereocenters. The summed E-state index contributed by atoms with van der Waals surface area (Å²) in [6.45, 7) is 2.96. The summed E-state index contributed by atoms with van der Waals surface area (Å²) in [7, 11) is 0. The van der Waals surface area contributed by atoms with Crippen LogP contribution in [0.15, 0.2) is 22.6 Å². The van der Waals surface area contributed by atoms with Crippen molar-refractivity contribution < 1.29 is 9.15 Å². The Morgan fingerprint density at radius 2 is 2.20 bits per heavy atom. The van der Waals surface area contributed by atoms with Crippen LogP contribution in [-0.2, 0) is 9.61 Å². The third kappa shape index (κ3) is 1.34. The summed E-state index contributed by atoms with van der Waals surface area (Å²) < 4.78 is 10.6. The number of fused-ring (bicyclic) bond motifs is 1. The highest BCUT2D eigenvalue weighted by Gasteiger charge is 2.38. The molecule has 3 rings (SSSR count). The fourth-order valence-corrected chi connectivity index (χ4v) is 2.04. The number of nitrogens with zero attached hydrogens (tertiary/aromatic N) is 1. The SMILES string of the molecule is Cc1nc2ccc(C3(Cl)COC3)cc2o1. The molecule has 0 amide bonds. The van der Waals surface area contributed by atoms with Gasteiger partial charge in [0.25, 0.3) is 0 Å². The van der Waals surface area contributed by atoms with E-state index in [2.05, 4.69) is 4.98 Å².